The molecule has 3 rings (SSSR count). The monoisotopic (exact) mass is 341 g/mol. The van der Waals surface area contributed by atoms with Crippen molar-refractivity contribution < 1.29 is 18.3 Å². The molecule has 1 atom stereocenters. The third-order valence-electron chi connectivity index (χ3n) is 3.97. The Hall–Kier alpha value is -2.95. The molecule has 1 N–H and O–H groups in total. The van der Waals surface area contributed by atoms with E-state index >= 15 is 0 Å². The van der Waals surface area contributed by atoms with E-state index in [0.717, 1.165) is 16.3 Å². The number of carbonyl (C=O) groups excluding carboxylic acids is 1. The second-order valence-electron chi connectivity index (χ2n) is 5.68. The Labute approximate surface area is 144 Å². The first-order valence-electron chi connectivity index (χ1n) is 7.88. The fraction of sp³-hybridized carbons (Fsp3) is 0.150. The minimum atomic E-state index is -2.98. The molecule has 0 aliphatic rings. The van der Waals surface area contributed by atoms with Crippen molar-refractivity contribution in [2.45, 2.75) is 19.6 Å². The number of nitrogens with one attached hydrogen (secondary N) is 1. The van der Waals surface area contributed by atoms with Crippen molar-refractivity contribution >= 4 is 16.7 Å². The van der Waals surface area contributed by atoms with E-state index in [1.807, 2.05) is 49.4 Å². The van der Waals surface area contributed by atoms with Crippen molar-refractivity contribution in [3.63, 3.8) is 0 Å². The van der Waals surface area contributed by atoms with Crippen LogP contribution in [0.4, 0.5) is 8.78 Å². The topological polar surface area (TPSA) is 38.3 Å². The molecule has 1 amide bonds. The summed E-state index contributed by atoms with van der Waals surface area (Å²) in [5.74, 6) is -0.599. The van der Waals surface area contributed by atoms with E-state index in [1.165, 1.54) is 12.1 Å². The summed E-state index contributed by atoms with van der Waals surface area (Å²) < 4.78 is 29.4. The van der Waals surface area contributed by atoms with E-state index in [1.54, 1.807) is 12.1 Å². The summed E-state index contributed by atoms with van der Waals surface area (Å²) in [6, 6.07) is 19.5. The van der Waals surface area contributed by atoms with Crippen LogP contribution in [0.25, 0.3) is 10.8 Å². The van der Waals surface area contributed by atoms with E-state index < -0.39 is 12.5 Å². The average molecular weight is 341 g/mol. The number of carbonyl (C=O) groups is 1. The zero-order valence-electron chi connectivity index (χ0n) is 13.6. The van der Waals surface area contributed by atoms with Gasteiger partial charge in [0.2, 0.25) is 0 Å². The quantitative estimate of drug-likeness (QED) is 0.714. The number of rotatable bonds is 5. The number of amides is 1. The third-order valence-corrected chi connectivity index (χ3v) is 3.97. The molecule has 25 heavy (non-hydrogen) atoms. The summed E-state index contributed by atoms with van der Waals surface area (Å²) >= 11 is 0. The molecular formula is C20H17F2NO2. The first kappa shape index (κ1) is 16.9. The lowest BCUT2D eigenvalue weighted by Crippen LogP contribution is -2.27. The normalized spacial score (nSPS) is 12.2. The fourth-order valence-electron chi connectivity index (χ4n) is 2.69. The van der Waals surface area contributed by atoms with Gasteiger partial charge in [-0.05, 0) is 41.5 Å². The van der Waals surface area contributed by atoms with Crippen molar-refractivity contribution in [1.29, 1.82) is 0 Å². The number of benzene rings is 3. The Morgan fingerprint density at radius 1 is 0.960 bits per heavy atom. The Balaban J connectivity index is 1.80. The Kier molecular flexibility index (Phi) is 4.93. The van der Waals surface area contributed by atoms with Crippen molar-refractivity contribution in [2.24, 2.45) is 0 Å². The third kappa shape index (κ3) is 3.94. The SMILES string of the molecule is CC(NC(=O)c1ccccc1OC(F)F)c1ccc2ccccc2c1. The fourth-order valence-corrected chi connectivity index (χ4v) is 2.69. The summed E-state index contributed by atoms with van der Waals surface area (Å²) in [7, 11) is 0. The van der Waals surface area contributed by atoms with E-state index in [2.05, 4.69) is 10.1 Å². The second kappa shape index (κ2) is 7.30. The highest BCUT2D eigenvalue weighted by Crippen LogP contribution is 2.23. The highest BCUT2D eigenvalue weighted by Gasteiger charge is 2.17. The number of hydrogen-bond acceptors (Lipinski definition) is 2. The van der Waals surface area contributed by atoms with Gasteiger partial charge in [-0.1, -0.05) is 48.5 Å². The van der Waals surface area contributed by atoms with Crippen LogP contribution in [0.1, 0.15) is 28.9 Å². The van der Waals surface area contributed by atoms with Crippen LogP contribution >= 0.6 is 0 Å². The van der Waals surface area contributed by atoms with Crippen LogP contribution in [0.2, 0.25) is 0 Å². The number of halogens is 2. The smallest absolute Gasteiger partial charge is 0.387 e. The van der Waals surface area contributed by atoms with Gasteiger partial charge in [0, 0.05) is 0 Å². The number of fused-ring (bicyclic) bond motifs is 1. The molecule has 3 aromatic carbocycles. The molecule has 3 aromatic rings. The highest BCUT2D eigenvalue weighted by molar-refractivity contribution is 5.97. The summed E-state index contributed by atoms with van der Waals surface area (Å²) in [6.45, 7) is -1.13. The predicted octanol–water partition coefficient (Wildman–Crippen LogP) is 4.93. The van der Waals surface area contributed by atoms with E-state index in [4.69, 9.17) is 0 Å². The number of hydrogen-bond donors (Lipinski definition) is 1. The lowest BCUT2D eigenvalue weighted by Gasteiger charge is -2.16. The van der Waals surface area contributed by atoms with Gasteiger partial charge >= 0.3 is 6.61 Å². The largest absolute Gasteiger partial charge is 0.434 e. The first-order valence-corrected chi connectivity index (χ1v) is 7.88. The van der Waals surface area contributed by atoms with Crippen LogP contribution in [0.15, 0.2) is 66.7 Å². The van der Waals surface area contributed by atoms with Crippen molar-refractivity contribution in [2.75, 3.05) is 0 Å². The van der Waals surface area contributed by atoms with Gasteiger partial charge in [-0.25, -0.2) is 0 Å². The standard InChI is InChI=1S/C20H17F2NO2/c1-13(15-11-10-14-6-2-3-7-16(14)12-15)23-19(24)17-8-4-5-9-18(17)25-20(21)22/h2-13,20H,1H3,(H,23,24). The number of para-hydroxylation sites is 1. The summed E-state index contributed by atoms with van der Waals surface area (Å²) in [4.78, 5) is 12.5. The van der Waals surface area contributed by atoms with Crippen LogP contribution in [0, 0.1) is 0 Å². The second-order valence-corrected chi connectivity index (χ2v) is 5.68. The molecule has 0 spiro atoms. The van der Waals surface area contributed by atoms with Gasteiger partial charge in [0.25, 0.3) is 5.91 Å². The summed E-state index contributed by atoms with van der Waals surface area (Å²) in [5, 5.41) is 5.01. The van der Waals surface area contributed by atoms with E-state index in [9.17, 15) is 13.6 Å². The maximum atomic E-state index is 12.5. The lowest BCUT2D eigenvalue weighted by molar-refractivity contribution is -0.0501. The average Bonchev–Trinajstić information content (AvgIpc) is 2.61. The molecule has 0 fully saturated rings. The molecule has 1 unspecified atom stereocenters. The molecule has 0 heterocycles. The molecule has 0 aliphatic heterocycles. The molecule has 3 nitrogen and oxygen atoms in total. The maximum absolute atomic E-state index is 12.5. The van der Waals surface area contributed by atoms with E-state index in [0.29, 0.717) is 0 Å². The van der Waals surface area contributed by atoms with E-state index in [-0.39, 0.29) is 17.4 Å². The molecule has 0 radical (unpaired) electrons. The van der Waals surface area contributed by atoms with Crippen LogP contribution in [-0.2, 0) is 0 Å². The van der Waals surface area contributed by atoms with Gasteiger partial charge in [-0.3, -0.25) is 4.79 Å². The van der Waals surface area contributed by atoms with Crippen LogP contribution < -0.4 is 10.1 Å². The van der Waals surface area contributed by atoms with Crippen molar-refractivity contribution in [1.82, 2.24) is 5.32 Å². The molecule has 128 valence electrons. The molecule has 0 aliphatic carbocycles. The van der Waals surface area contributed by atoms with Gasteiger partial charge < -0.3 is 10.1 Å². The number of alkyl halides is 2. The van der Waals surface area contributed by atoms with Gasteiger partial charge in [-0.2, -0.15) is 8.78 Å². The van der Waals surface area contributed by atoms with Gasteiger partial charge in [0.1, 0.15) is 5.75 Å². The Morgan fingerprint density at radius 2 is 1.64 bits per heavy atom. The number of ether oxygens (including phenoxy) is 1. The molecule has 0 saturated heterocycles. The Bertz CT molecular complexity index is 896. The Morgan fingerprint density at radius 3 is 2.40 bits per heavy atom. The van der Waals surface area contributed by atoms with Gasteiger partial charge in [0.05, 0.1) is 11.6 Å². The van der Waals surface area contributed by atoms with Crippen LogP contribution in [0.3, 0.4) is 0 Å². The molecular weight excluding hydrogens is 324 g/mol. The highest BCUT2D eigenvalue weighted by atomic mass is 19.3. The van der Waals surface area contributed by atoms with Crippen LogP contribution in [-0.4, -0.2) is 12.5 Å². The minimum absolute atomic E-state index is 0.0791. The predicted molar refractivity (Wildman–Crippen MR) is 92.9 cm³/mol. The lowest BCUT2D eigenvalue weighted by atomic mass is 10.0. The zero-order chi connectivity index (χ0) is 17.8. The summed E-state index contributed by atoms with van der Waals surface area (Å²) in [5.41, 5.74) is 1.01. The first-order chi connectivity index (χ1) is 12.0. The summed E-state index contributed by atoms with van der Waals surface area (Å²) in [6.07, 6.45) is 0. The zero-order valence-corrected chi connectivity index (χ0v) is 13.6. The van der Waals surface area contributed by atoms with Crippen molar-refractivity contribution in [3.8, 4) is 5.75 Å². The minimum Gasteiger partial charge on any atom is -0.434 e. The molecule has 5 heteroatoms. The van der Waals surface area contributed by atoms with Crippen molar-refractivity contribution in [3.05, 3.63) is 77.9 Å². The molecule has 0 bridgehead atoms. The maximum Gasteiger partial charge on any atom is 0.387 e. The molecule has 0 aromatic heterocycles. The van der Waals surface area contributed by atoms with Gasteiger partial charge in [0.15, 0.2) is 0 Å². The van der Waals surface area contributed by atoms with Gasteiger partial charge in [-0.15, -0.1) is 0 Å². The van der Waals surface area contributed by atoms with Crippen LogP contribution in [0.5, 0.6) is 5.75 Å². The molecule has 0 saturated carbocycles.